The van der Waals surface area contributed by atoms with Crippen LogP contribution in [0, 0.1) is 0 Å². The van der Waals surface area contributed by atoms with Gasteiger partial charge in [0.25, 0.3) is 5.91 Å². The van der Waals surface area contributed by atoms with Crippen LogP contribution >= 0.6 is 11.6 Å². The minimum absolute atomic E-state index is 0.0235. The van der Waals surface area contributed by atoms with Crippen LogP contribution in [-0.4, -0.2) is 39.3 Å². The second-order valence-corrected chi connectivity index (χ2v) is 6.84. The van der Waals surface area contributed by atoms with Crippen LogP contribution in [0.4, 0.5) is 0 Å². The number of hydrogen-bond acceptors (Lipinski definition) is 4. The third-order valence-corrected chi connectivity index (χ3v) is 4.51. The highest BCUT2D eigenvalue weighted by molar-refractivity contribution is 6.30. The molecule has 0 aromatic heterocycles. The van der Waals surface area contributed by atoms with E-state index >= 15 is 0 Å². The molecular formula is C21H27ClN2O3. The lowest BCUT2D eigenvalue weighted by atomic mass is 10.1. The first-order valence-electron chi connectivity index (χ1n) is 8.95. The van der Waals surface area contributed by atoms with Gasteiger partial charge in [0.05, 0.1) is 6.10 Å². The van der Waals surface area contributed by atoms with Crippen molar-refractivity contribution in [1.29, 1.82) is 0 Å². The summed E-state index contributed by atoms with van der Waals surface area (Å²) in [6.45, 7) is 2.86. The van der Waals surface area contributed by atoms with Gasteiger partial charge in [-0.25, -0.2) is 0 Å². The van der Waals surface area contributed by atoms with Gasteiger partial charge in [0.15, 0.2) is 6.61 Å². The van der Waals surface area contributed by atoms with Crippen molar-refractivity contribution in [2.45, 2.75) is 25.5 Å². The minimum atomic E-state index is -0.149. The fourth-order valence-electron chi connectivity index (χ4n) is 2.72. The van der Waals surface area contributed by atoms with Crippen LogP contribution in [0.3, 0.4) is 0 Å². The van der Waals surface area contributed by atoms with Crippen LogP contribution in [0.5, 0.6) is 5.75 Å². The number of hydrogen-bond donors (Lipinski definition) is 2. The van der Waals surface area contributed by atoms with Crippen molar-refractivity contribution >= 4 is 17.5 Å². The number of benzene rings is 2. The number of halogens is 1. The standard InChI is InChI=1S/C21H27ClN2O3/c1-15(24-13-20(26-3)17-5-4-6-18(22)12-17)11-16-7-9-19(10-8-16)27-14-21(25)23-2/h4-10,12,15,20,24H,11,13-14H2,1-3H3,(H,23,25). The smallest absolute Gasteiger partial charge is 0.257 e. The first-order valence-corrected chi connectivity index (χ1v) is 9.33. The van der Waals surface area contributed by atoms with Gasteiger partial charge in [-0.3, -0.25) is 4.79 Å². The van der Waals surface area contributed by atoms with E-state index in [0.29, 0.717) is 17.3 Å². The third-order valence-electron chi connectivity index (χ3n) is 4.27. The molecule has 2 aromatic carbocycles. The van der Waals surface area contributed by atoms with Crippen LogP contribution in [0.1, 0.15) is 24.2 Å². The van der Waals surface area contributed by atoms with Gasteiger partial charge in [0, 0.05) is 31.8 Å². The van der Waals surface area contributed by atoms with Gasteiger partial charge >= 0.3 is 0 Å². The Balaban J connectivity index is 1.82. The zero-order valence-corrected chi connectivity index (χ0v) is 16.8. The van der Waals surface area contributed by atoms with E-state index in [9.17, 15) is 4.79 Å². The molecule has 146 valence electrons. The van der Waals surface area contributed by atoms with Crippen LogP contribution in [0.25, 0.3) is 0 Å². The fraction of sp³-hybridized carbons (Fsp3) is 0.381. The lowest BCUT2D eigenvalue weighted by Gasteiger charge is -2.20. The zero-order valence-electron chi connectivity index (χ0n) is 16.0. The zero-order chi connectivity index (χ0) is 19.6. The van der Waals surface area contributed by atoms with E-state index < -0.39 is 0 Å². The topological polar surface area (TPSA) is 59.6 Å². The molecule has 2 N–H and O–H groups in total. The lowest BCUT2D eigenvalue weighted by molar-refractivity contribution is -0.122. The van der Waals surface area contributed by atoms with Crippen molar-refractivity contribution in [1.82, 2.24) is 10.6 Å². The van der Waals surface area contributed by atoms with E-state index in [2.05, 4.69) is 17.6 Å². The summed E-state index contributed by atoms with van der Waals surface area (Å²) >= 11 is 6.07. The monoisotopic (exact) mass is 390 g/mol. The predicted octanol–water partition coefficient (Wildman–Crippen LogP) is 3.37. The van der Waals surface area contributed by atoms with E-state index in [4.69, 9.17) is 21.1 Å². The fourth-order valence-corrected chi connectivity index (χ4v) is 2.92. The van der Waals surface area contributed by atoms with Gasteiger partial charge in [0.1, 0.15) is 5.75 Å². The predicted molar refractivity (Wildman–Crippen MR) is 108 cm³/mol. The molecule has 0 saturated carbocycles. The van der Waals surface area contributed by atoms with Crippen molar-refractivity contribution in [3.05, 3.63) is 64.7 Å². The number of rotatable bonds is 10. The number of nitrogens with one attached hydrogen (secondary N) is 2. The summed E-state index contributed by atoms with van der Waals surface area (Å²) in [5.74, 6) is 0.535. The molecule has 2 unspecified atom stereocenters. The first-order chi connectivity index (χ1) is 13.0. The second-order valence-electron chi connectivity index (χ2n) is 6.40. The molecular weight excluding hydrogens is 364 g/mol. The van der Waals surface area contributed by atoms with Gasteiger partial charge in [-0.05, 0) is 48.7 Å². The molecule has 0 bridgehead atoms. The Morgan fingerprint density at radius 1 is 1.19 bits per heavy atom. The molecule has 6 heteroatoms. The number of methoxy groups -OCH3 is 1. The highest BCUT2D eigenvalue weighted by atomic mass is 35.5. The van der Waals surface area contributed by atoms with E-state index in [1.165, 1.54) is 5.56 Å². The largest absolute Gasteiger partial charge is 0.484 e. The van der Waals surface area contributed by atoms with Crippen LogP contribution in [0.2, 0.25) is 5.02 Å². The highest BCUT2D eigenvalue weighted by Crippen LogP contribution is 2.20. The number of ether oxygens (including phenoxy) is 2. The molecule has 0 aliphatic rings. The van der Waals surface area contributed by atoms with Crippen molar-refractivity contribution in [3.63, 3.8) is 0 Å². The number of carbonyl (C=O) groups excluding carboxylic acids is 1. The molecule has 27 heavy (non-hydrogen) atoms. The van der Waals surface area contributed by atoms with Crippen molar-refractivity contribution in [3.8, 4) is 5.75 Å². The highest BCUT2D eigenvalue weighted by Gasteiger charge is 2.13. The number of likely N-dealkylation sites (N-methyl/N-ethyl adjacent to an activating group) is 1. The normalized spacial score (nSPS) is 13.0. The minimum Gasteiger partial charge on any atom is -0.484 e. The molecule has 2 rings (SSSR count). The average Bonchev–Trinajstić information content (AvgIpc) is 2.67. The molecule has 1 amide bonds. The summed E-state index contributed by atoms with van der Waals surface area (Å²) in [5.41, 5.74) is 2.25. The maximum atomic E-state index is 11.2. The quantitative estimate of drug-likeness (QED) is 0.653. The van der Waals surface area contributed by atoms with E-state index in [0.717, 1.165) is 12.0 Å². The Hall–Kier alpha value is -2.08. The molecule has 2 atom stereocenters. The molecule has 5 nitrogen and oxygen atoms in total. The maximum Gasteiger partial charge on any atom is 0.257 e. The Morgan fingerprint density at radius 3 is 2.56 bits per heavy atom. The maximum absolute atomic E-state index is 11.2. The van der Waals surface area contributed by atoms with E-state index in [1.54, 1.807) is 14.2 Å². The van der Waals surface area contributed by atoms with Crippen molar-refractivity contribution in [2.75, 3.05) is 27.3 Å². The third kappa shape index (κ3) is 7.21. The molecule has 0 aliphatic carbocycles. The molecule has 0 fully saturated rings. The van der Waals surface area contributed by atoms with Gasteiger partial charge in [-0.2, -0.15) is 0 Å². The van der Waals surface area contributed by atoms with Gasteiger partial charge in [-0.15, -0.1) is 0 Å². The van der Waals surface area contributed by atoms with Crippen molar-refractivity contribution < 1.29 is 14.3 Å². The van der Waals surface area contributed by atoms with Crippen LogP contribution in [0.15, 0.2) is 48.5 Å². The Morgan fingerprint density at radius 2 is 1.93 bits per heavy atom. The molecule has 0 spiro atoms. The van der Waals surface area contributed by atoms with Gasteiger partial charge < -0.3 is 20.1 Å². The summed E-state index contributed by atoms with van der Waals surface area (Å²) in [5, 5.41) is 6.75. The summed E-state index contributed by atoms with van der Waals surface area (Å²) < 4.78 is 11.0. The Bertz CT molecular complexity index is 722. The Labute approximate surface area is 166 Å². The van der Waals surface area contributed by atoms with Gasteiger partial charge in [0.2, 0.25) is 0 Å². The molecule has 0 saturated heterocycles. The molecule has 0 aliphatic heterocycles. The van der Waals surface area contributed by atoms with Gasteiger partial charge in [-0.1, -0.05) is 35.9 Å². The van der Waals surface area contributed by atoms with E-state index in [-0.39, 0.29) is 24.7 Å². The molecule has 2 aromatic rings. The van der Waals surface area contributed by atoms with Crippen molar-refractivity contribution in [2.24, 2.45) is 0 Å². The number of carbonyl (C=O) groups is 1. The number of amides is 1. The lowest BCUT2D eigenvalue weighted by Crippen LogP contribution is -2.32. The summed E-state index contributed by atoms with van der Waals surface area (Å²) in [7, 11) is 3.29. The Kier molecular flexibility index (Phi) is 8.58. The molecule has 0 radical (unpaired) electrons. The molecule has 0 heterocycles. The van der Waals surface area contributed by atoms with Crippen LogP contribution < -0.4 is 15.4 Å². The van der Waals surface area contributed by atoms with Crippen LogP contribution in [-0.2, 0) is 16.0 Å². The van der Waals surface area contributed by atoms with E-state index in [1.807, 2.05) is 48.5 Å². The second kappa shape index (κ2) is 10.9. The average molecular weight is 391 g/mol. The first kappa shape index (κ1) is 21.2. The summed E-state index contributed by atoms with van der Waals surface area (Å²) in [4.78, 5) is 11.2. The SMILES string of the molecule is CNC(=O)COc1ccc(CC(C)NCC(OC)c2cccc(Cl)c2)cc1. The summed E-state index contributed by atoms with van der Waals surface area (Å²) in [6, 6.07) is 15.8. The summed E-state index contributed by atoms with van der Waals surface area (Å²) in [6.07, 6.45) is 0.827.